The van der Waals surface area contributed by atoms with Gasteiger partial charge in [-0.1, -0.05) is 59.8 Å². The van der Waals surface area contributed by atoms with Gasteiger partial charge in [0.05, 0.1) is 18.0 Å². The highest BCUT2D eigenvalue weighted by Gasteiger charge is 2.23. The Bertz CT molecular complexity index is 1670. The number of nitrogens with one attached hydrogen (secondary N) is 1. The Hall–Kier alpha value is -3.61. The van der Waals surface area contributed by atoms with Gasteiger partial charge in [-0.25, -0.2) is 13.1 Å². The molecule has 2 aromatic carbocycles. The molecule has 0 aliphatic rings. The van der Waals surface area contributed by atoms with Crippen molar-refractivity contribution in [3.05, 3.63) is 74.7 Å². The highest BCUT2D eigenvalue weighted by atomic mass is 32.2. The Labute approximate surface area is 231 Å². The fourth-order valence-corrected chi connectivity index (χ4v) is 6.11. The molecule has 0 aliphatic heterocycles. The monoisotopic (exact) mass is 569 g/mol. The number of hydrogen-bond donors (Lipinski definition) is 1. The molecule has 0 bridgehead atoms. The normalized spacial score (nSPS) is 12.2. The van der Waals surface area contributed by atoms with Crippen molar-refractivity contribution in [2.75, 3.05) is 11.3 Å². The molecule has 12 heteroatoms. The number of amides is 1. The van der Waals surface area contributed by atoms with Crippen LogP contribution >= 0.6 is 11.3 Å². The van der Waals surface area contributed by atoms with Gasteiger partial charge in [0, 0.05) is 24.7 Å². The molecule has 206 valence electrons. The fourth-order valence-electron chi connectivity index (χ4n) is 3.95. The van der Waals surface area contributed by atoms with Crippen molar-refractivity contribution in [1.29, 1.82) is 0 Å². The minimum absolute atomic E-state index is 0.111. The van der Waals surface area contributed by atoms with Crippen LogP contribution in [0.5, 0.6) is 0 Å². The smallest absolute Gasteiger partial charge is 0.263 e. The molecule has 0 atom stereocenters. The van der Waals surface area contributed by atoms with E-state index in [1.54, 1.807) is 42.8 Å². The number of benzene rings is 2. The van der Waals surface area contributed by atoms with E-state index >= 15 is 0 Å². The van der Waals surface area contributed by atoms with Crippen molar-refractivity contribution in [3.8, 4) is 11.1 Å². The number of carbonyl (C=O) groups excluding carboxylic acids is 1. The molecule has 2 aromatic heterocycles. The van der Waals surface area contributed by atoms with Gasteiger partial charge in [0.2, 0.25) is 10.7 Å². The third kappa shape index (κ3) is 6.52. The summed E-state index contributed by atoms with van der Waals surface area (Å²) in [6.07, 6.45) is 0.735. The predicted octanol–water partition coefficient (Wildman–Crippen LogP) is 4.61. The van der Waals surface area contributed by atoms with Crippen LogP contribution in [-0.4, -0.2) is 35.9 Å². The Balaban J connectivity index is 1.76. The molecule has 0 spiro atoms. The third-order valence-electron chi connectivity index (χ3n) is 6.04. The van der Waals surface area contributed by atoms with Gasteiger partial charge >= 0.3 is 0 Å². The lowest BCUT2D eigenvalue weighted by atomic mass is 9.97. The molecule has 4 rings (SSSR count). The summed E-state index contributed by atoms with van der Waals surface area (Å²) in [6, 6.07) is 12.6. The molecule has 2 heterocycles. The van der Waals surface area contributed by atoms with Gasteiger partial charge in [0.1, 0.15) is 10.8 Å². The first-order valence-corrected chi connectivity index (χ1v) is 14.8. The number of aromatic nitrogens is 3. The van der Waals surface area contributed by atoms with Gasteiger partial charge in [-0.3, -0.25) is 9.52 Å². The average molecular weight is 570 g/mol. The molecule has 1 N–H and O–H groups in total. The summed E-state index contributed by atoms with van der Waals surface area (Å²) in [5.41, 5.74) is 3.62. The third-order valence-corrected chi connectivity index (χ3v) is 8.52. The van der Waals surface area contributed by atoms with E-state index < -0.39 is 10.0 Å². The van der Waals surface area contributed by atoms with E-state index in [-0.39, 0.29) is 23.2 Å². The number of sulfonamides is 1. The first kappa shape index (κ1) is 28.4. The van der Waals surface area contributed by atoms with Crippen molar-refractivity contribution in [3.63, 3.8) is 0 Å². The minimum atomic E-state index is -3.98. The Morgan fingerprint density at radius 3 is 2.59 bits per heavy atom. The van der Waals surface area contributed by atoms with Crippen molar-refractivity contribution in [2.24, 2.45) is 4.99 Å². The first-order chi connectivity index (χ1) is 18.6. The van der Waals surface area contributed by atoms with Gasteiger partial charge in [-0.15, -0.1) is 0 Å². The van der Waals surface area contributed by atoms with Crippen LogP contribution in [-0.2, 0) is 39.1 Å². The zero-order valence-corrected chi connectivity index (χ0v) is 24.1. The average Bonchev–Trinajstić information content (AvgIpc) is 3.44. The molecule has 1 amide bonds. The molecule has 0 aliphatic carbocycles. The number of hydrogen-bond acceptors (Lipinski definition) is 8. The Morgan fingerprint density at radius 2 is 1.92 bits per heavy atom. The Kier molecular flexibility index (Phi) is 8.78. The topological polar surface area (TPSA) is 129 Å². The van der Waals surface area contributed by atoms with Crippen LogP contribution in [0.25, 0.3) is 11.1 Å². The summed E-state index contributed by atoms with van der Waals surface area (Å²) in [6.45, 7) is 9.97. The van der Waals surface area contributed by atoms with E-state index in [2.05, 4.69) is 20.0 Å². The molecule has 0 saturated heterocycles. The lowest BCUT2D eigenvalue weighted by Crippen LogP contribution is -2.19. The highest BCUT2D eigenvalue weighted by molar-refractivity contribution is 7.92. The molecule has 4 aromatic rings. The summed E-state index contributed by atoms with van der Waals surface area (Å²) in [7, 11) is -3.98. The van der Waals surface area contributed by atoms with Crippen LogP contribution in [0.3, 0.4) is 0 Å². The SMILES string of the molecule is CCOCc1cc(Cn2nc(CC)sc2=NC(C)=O)ccc1-c1ccccc1S(=O)(=O)Nc1noc(C)c1C. The quantitative estimate of drug-likeness (QED) is 0.295. The summed E-state index contributed by atoms with van der Waals surface area (Å²) < 4.78 is 42.1. The number of rotatable bonds is 10. The molecule has 0 radical (unpaired) electrons. The van der Waals surface area contributed by atoms with Gasteiger partial charge in [-0.05, 0) is 49.9 Å². The number of aryl methyl sites for hydroxylation is 2. The van der Waals surface area contributed by atoms with Crippen LogP contribution in [0, 0.1) is 13.8 Å². The van der Waals surface area contributed by atoms with Gasteiger partial charge < -0.3 is 9.26 Å². The van der Waals surface area contributed by atoms with E-state index in [0.29, 0.717) is 34.8 Å². The largest absolute Gasteiger partial charge is 0.377 e. The lowest BCUT2D eigenvalue weighted by molar-refractivity contribution is -0.116. The van der Waals surface area contributed by atoms with E-state index in [0.717, 1.165) is 28.1 Å². The number of ether oxygens (including phenoxy) is 1. The molecule has 0 saturated carbocycles. The van der Waals surface area contributed by atoms with Crippen LogP contribution < -0.4 is 9.52 Å². The second-order valence-electron chi connectivity index (χ2n) is 8.86. The maximum Gasteiger partial charge on any atom is 0.263 e. The van der Waals surface area contributed by atoms with Crippen LogP contribution in [0.2, 0.25) is 0 Å². The van der Waals surface area contributed by atoms with Crippen molar-refractivity contribution < 1.29 is 22.5 Å². The van der Waals surface area contributed by atoms with Crippen molar-refractivity contribution in [1.82, 2.24) is 14.9 Å². The van der Waals surface area contributed by atoms with E-state index in [4.69, 9.17) is 9.26 Å². The van der Waals surface area contributed by atoms with E-state index in [1.807, 2.05) is 32.0 Å². The van der Waals surface area contributed by atoms with Crippen LogP contribution in [0.15, 0.2) is 56.9 Å². The Morgan fingerprint density at radius 1 is 1.15 bits per heavy atom. The molecule has 0 fully saturated rings. The zero-order valence-electron chi connectivity index (χ0n) is 22.5. The first-order valence-electron chi connectivity index (χ1n) is 12.5. The van der Waals surface area contributed by atoms with Gasteiger partial charge in [0.25, 0.3) is 10.0 Å². The predicted molar refractivity (Wildman–Crippen MR) is 149 cm³/mol. The van der Waals surface area contributed by atoms with Crippen molar-refractivity contribution in [2.45, 2.75) is 59.1 Å². The zero-order chi connectivity index (χ0) is 28.2. The highest BCUT2D eigenvalue weighted by Crippen LogP contribution is 2.33. The van der Waals surface area contributed by atoms with Gasteiger partial charge in [-0.2, -0.15) is 10.1 Å². The molecular formula is C27H31N5O5S2. The number of carbonyl (C=O) groups is 1. The molecule has 39 heavy (non-hydrogen) atoms. The molecule has 0 unspecified atom stereocenters. The summed E-state index contributed by atoms with van der Waals surface area (Å²) in [5.74, 6) is 0.411. The standard InChI is InChI=1S/C27H31N5O5S2/c1-6-25-29-32(27(38-25)28-19(5)33)15-20-12-13-22(21(14-20)16-36-7-2)23-10-8-9-11-24(23)39(34,35)31-26-17(3)18(4)37-30-26/h8-14H,6-7,15-16H2,1-5H3,(H,30,31). The molecular weight excluding hydrogens is 538 g/mol. The maximum atomic E-state index is 13.5. The second kappa shape index (κ2) is 12.1. The molecule has 10 nitrogen and oxygen atoms in total. The van der Waals surface area contributed by atoms with Crippen molar-refractivity contribution >= 4 is 33.1 Å². The van der Waals surface area contributed by atoms with Gasteiger partial charge in [0.15, 0.2) is 5.82 Å². The number of nitrogens with zero attached hydrogens (tertiary/aromatic N) is 4. The van der Waals surface area contributed by atoms with Crippen LogP contribution in [0.1, 0.15) is 48.2 Å². The van der Waals surface area contributed by atoms with Crippen LogP contribution in [0.4, 0.5) is 5.82 Å². The summed E-state index contributed by atoms with van der Waals surface area (Å²) >= 11 is 1.39. The van der Waals surface area contributed by atoms with E-state index in [9.17, 15) is 13.2 Å². The summed E-state index contributed by atoms with van der Waals surface area (Å²) in [4.78, 5) is 16.4. The van der Waals surface area contributed by atoms with E-state index in [1.165, 1.54) is 18.3 Å². The second-order valence-corrected chi connectivity index (χ2v) is 11.6. The lowest BCUT2D eigenvalue weighted by Gasteiger charge is -2.16. The maximum absolute atomic E-state index is 13.5. The number of anilines is 1. The summed E-state index contributed by atoms with van der Waals surface area (Å²) in [5, 5.41) is 9.33. The minimum Gasteiger partial charge on any atom is -0.377 e. The fraction of sp³-hybridized carbons (Fsp3) is 0.333.